The summed E-state index contributed by atoms with van der Waals surface area (Å²) in [4.78, 5) is 37.0. The molecule has 0 saturated carbocycles. The maximum Gasteiger partial charge on any atom is 0.217 e. The van der Waals surface area contributed by atoms with Crippen LogP contribution in [0.5, 0.6) is 0 Å². The van der Waals surface area contributed by atoms with Crippen LogP contribution in [0.15, 0.2) is 0 Å². The lowest BCUT2D eigenvalue weighted by Gasteiger charge is -2.51. The van der Waals surface area contributed by atoms with Crippen LogP contribution < -0.4 is 16.0 Å². The van der Waals surface area contributed by atoms with Crippen LogP contribution >= 0.6 is 0 Å². The van der Waals surface area contributed by atoms with Crippen LogP contribution in [0.1, 0.15) is 20.8 Å². The van der Waals surface area contributed by atoms with Gasteiger partial charge >= 0.3 is 0 Å². The van der Waals surface area contributed by atoms with Gasteiger partial charge in [-0.1, -0.05) is 0 Å². The molecule has 7 rings (SSSR count). The molecule has 35 atom stereocenters. The van der Waals surface area contributed by atoms with E-state index in [9.17, 15) is 117 Å². The monoisotopic (exact) mass is 1280 g/mol. The van der Waals surface area contributed by atoms with E-state index in [1.807, 2.05) is 0 Å². The summed E-state index contributed by atoms with van der Waals surface area (Å²) in [6.07, 6.45) is -63.0. The van der Waals surface area contributed by atoms with Crippen molar-refractivity contribution in [1.82, 2.24) is 16.0 Å². The molecule has 87 heavy (non-hydrogen) atoms. The number of rotatable bonds is 22. The molecule has 39 heteroatoms. The predicted molar refractivity (Wildman–Crippen MR) is 267 cm³/mol. The van der Waals surface area contributed by atoms with Crippen molar-refractivity contribution in [2.75, 3.05) is 46.2 Å². The number of hydrogen-bond donors (Lipinski definition) is 23. The summed E-state index contributed by atoms with van der Waals surface area (Å²) in [6, 6.07) is -5.12. The number of ether oxygens (including phenoxy) is 13. The molecule has 0 unspecified atom stereocenters. The maximum atomic E-state index is 12.7. The highest BCUT2D eigenvalue weighted by molar-refractivity contribution is 5.74. The van der Waals surface area contributed by atoms with E-state index in [-0.39, 0.29) is 0 Å². The molecule has 0 aromatic heterocycles. The third-order valence-electron chi connectivity index (χ3n) is 15.7. The topological polar surface area (TPSA) is 612 Å². The highest BCUT2D eigenvalue weighted by Gasteiger charge is 2.58. The molecule has 0 spiro atoms. The highest BCUT2D eigenvalue weighted by Crippen LogP contribution is 2.37. The second-order valence-corrected chi connectivity index (χ2v) is 21.9. The molecule has 0 aromatic rings. The Morgan fingerprint density at radius 2 is 0.632 bits per heavy atom. The fourth-order valence-corrected chi connectivity index (χ4v) is 11.0. The molecule has 7 aliphatic heterocycles. The lowest BCUT2D eigenvalue weighted by atomic mass is 9.94. The predicted octanol–water partition coefficient (Wildman–Crippen LogP) is -15.8. The van der Waals surface area contributed by atoms with Crippen molar-refractivity contribution in [1.29, 1.82) is 0 Å². The summed E-state index contributed by atoms with van der Waals surface area (Å²) in [7, 11) is 0. The molecule has 0 bridgehead atoms. The number of amides is 3. The van der Waals surface area contributed by atoms with Gasteiger partial charge in [-0.05, 0) is 0 Å². The van der Waals surface area contributed by atoms with Gasteiger partial charge in [-0.3, -0.25) is 14.4 Å². The van der Waals surface area contributed by atoms with Gasteiger partial charge in [0.1, 0.15) is 171 Å². The minimum Gasteiger partial charge on any atom is -0.394 e. The van der Waals surface area contributed by atoms with Gasteiger partial charge in [-0.15, -0.1) is 0 Å². The van der Waals surface area contributed by atoms with Crippen LogP contribution in [-0.2, 0) is 76.0 Å². The molecular formula is C48H81N3O36. The Morgan fingerprint density at radius 3 is 1.13 bits per heavy atom. The van der Waals surface area contributed by atoms with Crippen LogP contribution in [0.25, 0.3) is 0 Å². The van der Waals surface area contributed by atoms with E-state index in [4.69, 9.17) is 61.6 Å². The van der Waals surface area contributed by atoms with Gasteiger partial charge in [0.05, 0.1) is 46.2 Å². The van der Waals surface area contributed by atoms with Crippen LogP contribution in [0.3, 0.4) is 0 Å². The zero-order valence-electron chi connectivity index (χ0n) is 46.6. The number of aliphatic hydroxyl groups is 20. The zero-order valence-corrected chi connectivity index (χ0v) is 46.6. The Balaban J connectivity index is 1.19. The fourth-order valence-electron chi connectivity index (χ4n) is 11.0. The highest BCUT2D eigenvalue weighted by atomic mass is 16.8. The van der Waals surface area contributed by atoms with Crippen molar-refractivity contribution >= 4 is 17.7 Å². The van der Waals surface area contributed by atoms with Crippen molar-refractivity contribution in [3.05, 3.63) is 0 Å². The molecule has 7 fully saturated rings. The van der Waals surface area contributed by atoms with Gasteiger partial charge in [0, 0.05) is 20.8 Å². The molecule has 7 saturated heterocycles. The van der Waals surface area contributed by atoms with Gasteiger partial charge in [0.2, 0.25) is 17.7 Å². The summed E-state index contributed by atoms with van der Waals surface area (Å²) in [5, 5.41) is 224. The van der Waals surface area contributed by atoms with E-state index in [0.717, 1.165) is 20.8 Å². The number of carbonyl (C=O) groups is 3. The summed E-state index contributed by atoms with van der Waals surface area (Å²) in [6.45, 7) is -3.77. The minimum atomic E-state index is -2.42. The molecular weight excluding hydrogens is 1190 g/mol. The first kappa shape index (κ1) is 71.5. The molecule has 7 aliphatic rings. The lowest BCUT2D eigenvalue weighted by Crippen LogP contribution is -2.70. The second-order valence-electron chi connectivity index (χ2n) is 21.9. The molecule has 23 N–H and O–H groups in total. The average molecular weight is 1280 g/mol. The second kappa shape index (κ2) is 31.1. The van der Waals surface area contributed by atoms with E-state index in [1.165, 1.54) is 0 Å². The van der Waals surface area contributed by atoms with E-state index in [0.29, 0.717) is 0 Å². The van der Waals surface area contributed by atoms with Gasteiger partial charge in [0.25, 0.3) is 0 Å². The molecule has 0 radical (unpaired) electrons. The van der Waals surface area contributed by atoms with Crippen molar-refractivity contribution in [3.63, 3.8) is 0 Å². The van der Waals surface area contributed by atoms with E-state index in [2.05, 4.69) is 16.0 Å². The van der Waals surface area contributed by atoms with Gasteiger partial charge < -0.3 is 180 Å². The number of hydrogen-bond acceptors (Lipinski definition) is 36. The first-order valence-electron chi connectivity index (χ1n) is 27.6. The van der Waals surface area contributed by atoms with Crippen LogP contribution in [0.2, 0.25) is 0 Å². The molecule has 0 aromatic carbocycles. The summed E-state index contributed by atoms with van der Waals surface area (Å²) < 4.78 is 75.2. The number of carbonyl (C=O) groups excluding carboxylic acids is 3. The van der Waals surface area contributed by atoms with E-state index < -0.39 is 279 Å². The van der Waals surface area contributed by atoms with E-state index in [1.54, 1.807) is 0 Å². The van der Waals surface area contributed by atoms with Gasteiger partial charge in [-0.2, -0.15) is 0 Å². The quantitative estimate of drug-likeness (QED) is 0.0479. The molecule has 0 aliphatic carbocycles. The summed E-state index contributed by atoms with van der Waals surface area (Å²) in [5.74, 6) is -2.45. The third kappa shape index (κ3) is 15.9. The largest absolute Gasteiger partial charge is 0.394 e. The average Bonchev–Trinajstić information content (AvgIpc) is 0.963. The summed E-state index contributed by atoms with van der Waals surface area (Å²) in [5.41, 5.74) is 0. The third-order valence-corrected chi connectivity index (χ3v) is 15.7. The first-order valence-corrected chi connectivity index (χ1v) is 27.6. The Hall–Kier alpha value is -2.91. The van der Waals surface area contributed by atoms with Crippen molar-refractivity contribution in [2.24, 2.45) is 0 Å². The fraction of sp³-hybridized carbons (Fsp3) is 0.938. The van der Waals surface area contributed by atoms with Crippen LogP contribution in [-0.4, -0.2) is 381 Å². The lowest BCUT2D eigenvalue weighted by molar-refractivity contribution is -0.394. The Bertz CT molecular complexity index is 2190. The van der Waals surface area contributed by atoms with E-state index >= 15 is 0 Å². The standard InChI is InChI=1S/C48H81N3O36/c1-11(57)49-21-30(66)38(17(7-55)77-42(21)74)84-44-23(51-13(3)59)31(67)39(18(8-56)81-44)85-47-37(73)40(86-48-41(34(70)26(62)16(6-54)80-48)87-43-22(50-12(2)58)29(65)24(60)14(4-52)78-43)28(64)20(83-47)10-76-46-36(72)33(69)27(63)19(82-46)9-75-45-35(71)32(68)25(61)15(5-53)79-45/h14-48,52-56,60-74H,4-10H2,1-3H3,(H,49,57)(H,50,58)(H,51,59)/t14-,15-,16-,17-,18-,19-,20-,21-,22-,23-,24-,25-,26-,27-,28-,29-,30-,31-,32+,33+,34+,35+,36+,37+,38-,39-,40+,41+,42-,43+,44+,45+,46+,47+,48-/m1/s1. The molecule has 39 nitrogen and oxygen atoms in total. The number of aliphatic hydroxyl groups excluding tert-OH is 20. The van der Waals surface area contributed by atoms with Crippen LogP contribution in [0, 0.1) is 0 Å². The first-order chi connectivity index (χ1) is 41.1. The molecule has 7 heterocycles. The smallest absolute Gasteiger partial charge is 0.217 e. The van der Waals surface area contributed by atoms with Crippen LogP contribution in [0.4, 0.5) is 0 Å². The SMILES string of the molecule is CC(=O)N[C@@H]1[C@@H](O)[C@H](O[C@@H]2O[C@H](CO)[C@@H](O[C@@H]3O[C@H](CO[C@H]4O[C@H](CO[C@H]5O[C@H](CO)[C@@H](O)[C@H](O)[C@@H]5O)[C@@H](O)[C@H](O)[C@@H]4O)[C@@H](O)[C@H](O[C@H]4O[C@H](CO)[C@@H](O)[C@H](O)[C@@H]4O[C@@H]4O[C@H](CO)[C@@H](O)[C@H](O)[C@H]4NC(C)=O)[C@@H]3O)[C@H](O)[C@H]2NC(C)=O)[C@@H](CO)O[C@H]1O. The Labute approximate surface area is 492 Å². The van der Waals surface area contributed by atoms with Gasteiger partial charge in [0.15, 0.2) is 44.0 Å². The molecule has 3 amide bonds. The van der Waals surface area contributed by atoms with Crippen molar-refractivity contribution in [2.45, 2.75) is 236 Å². The maximum absolute atomic E-state index is 12.7. The normalized spacial score (nSPS) is 48.9. The van der Waals surface area contributed by atoms with Crippen molar-refractivity contribution < 1.29 is 178 Å². The van der Waals surface area contributed by atoms with Crippen molar-refractivity contribution in [3.8, 4) is 0 Å². The number of nitrogens with one attached hydrogen (secondary N) is 3. The molecule has 504 valence electrons. The Morgan fingerprint density at radius 1 is 0.299 bits per heavy atom. The Kier molecular flexibility index (Phi) is 25.6. The van der Waals surface area contributed by atoms with Gasteiger partial charge in [-0.25, -0.2) is 0 Å². The zero-order chi connectivity index (χ0) is 64.2. The summed E-state index contributed by atoms with van der Waals surface area (Å²) >= 11 is 0. The minimum absolute atomic E-state index is 0.745.